The van der Waals surface area contributed by atoms with E-state index in [9.17, 15) is 4.79 Å². The monoisotopic (exact) mass is 311 g/mol. The second kappa shape index (κ2) is 6.54. The smallest absolute Gasteiger partial charge is 0.229 e. The van der Waals surface area contributed by atoms with Crippen molar-refractivity contribution >= 4 is 34.9 Å². The largest absolute Gasteiger partial charge is 0.497 e. The number of methoxy groups -OCH3 is 1. The van der Waals surface area contributed by atoms with Crippen LogP contribution < -0.4 is 10.1 Å². The zero-order valence-electron chi connectivity index (χ0n) is 10.6. The van der Waals surface area contributed by atoms with Gasteiger partial charge in [0.2, 0.25) is 5.91 Å². The van der Waals surface area contributed by atoms with Crippen molar-refractivity contribution in [2.24, 2.45) is 0 Å². The number of hydrogen-bond acceptors (Lipinski definition) is 4. The van der Waals surface area contributed by atoms with Gasteiger partial charge < -0.3 is 10.1 Å². The van der Waals surface area contributed by atoms with Crippen LogP contribution in [0.5, 0.6) is 5.75 Å². The number of nitrogens with zero attached hydrogens (tertiary/aromatic N) is 2. The normalized spacial score (nSPS) is 10.2. The van der Waals surface area contributed by atoms with E-state index >= 15 is 0 Å². The third-order valence-corrected chi connectivity index (χ3v) is 3.24. The van der Waals surface area contributed by atoms with Gasteiger partial charge in [0.15, 0.2) is 11.0 Å². The molecule has 1 heterocycles. The molecule has 2 aromatic rings. The molecule has 20 heavy (non-hydrogen) atoms. The summed E-state index contributed by atoms with van der Waals surface area (Å²) in [6.07, 6.45) is 1.41. The maximum Gasteiger partial charge on any atom is 0.229 e. The molecule has 0 unspecified atom stereocenters. The van der Waals surface area contributed by atoms with E-state index in [4.69, 9.17) is 27.9 Å². The highest BCUT2D eigenvalue weighted by Gasteiger charge is 2.11. The Morgan fingerprint density at radius 1 is 1.35 bits per heavy atom. The standard InChI is InChI=1S/C13H11Cl2N3O2/c1-20-9-4-2-3-8(5-9)6-10(19)18-13-11(14)12(15)16-7-17-13/h2-5,7H,6H2,1H3,(H,16,17,18,19). The first-order chi connectivity index (χ1) is 9.60. The van der Waals surface area contributed by atoms with Crippen LogP contribution >= 0.6 is 23.2 Å². The fourth-order valence-corrected chi connectivity index (χ4v) is 1.86. The second-order valence-corrected chi connectivity index (χ2v) is 4.64. The molecule has 1 aromatic heterocycles. The Hall–Kier alpha value is -1.85. The lowest BCUT2D eigenvalue weighted by Gasteiger charge is -2.07. The molecule has 0 saturated heterocycles. The van der Waals surface area contributed by atoms with Gasteiger partial charge in [-0.3, -0.25) is 4.79 Å². The third-order valence-electron chi connectivity index (χ3n) is 2.50. The van der Waals surface area contributed by atoms with Crippen LogP contribution in [0.15, 0.2) is 30.6 Å². The van der Waals surface area contributed by atoms with Crippen molar-refractivity contribution in [3.8, 4) is 5.75 Å². The van der Waals surface area contributed by atoms with E-state index < -0.39 is 0 Å². The van der Waals surface area contributed by atoms with E-state index in [1.807, 2.05) is 18.2 Å². The van der Waals surface area contributed by atoms with Crippen LogP contribution in [-0.2, 0) is 11.2 Å². The predicted octanol–water partition coefficient (Wildman–Crippen LogP) is 2.97. The van der Waals surface area contributed by atoms with Crippen LogP contribution in [0.25, 0.3) is 0 Å². The van der Waals surface area contributed by atoms with E-state index in [0.29, 0.717) is 5.75 Å². The lowest BCUT2D eigenvalue weighted by Crippen LogP contribution is -2.15. The predicted molar refractivity (Wildman–Crippen MR) is 77.4 cm³/mol. The molecule has 0 aliphatic rings. The molecule has 5 nitrogen and oxygen atoms in total. The van der Waals surface area contributed by atoms with Crippen LogP contribution in [0, 0.1) is 0 Å². The van der Waals surface area contributed by atoms with Crippen molar-refractivity contribution in [2.75, 3.05) is 12.4 Å². The summed E-state index contributed by atoms with van der Waals surface area (Å²) in [4.78, 5) is 19.5. The minimum absolute atomic E-state index is 0.0957. The number of rotatable bonds is 4. The average Bonchev–Trinajstić information content (AvgIpc) is 2.44. The number of ether oxygens (including phenoxy) is 1. The van der Waals surface area contributed by atoms with Crippen molar-refractivity contribution in [1.82, 2.24) is 9.97 Å². The summed E-state index contributed by atoms with van der Waals surface area (Å²) in [5, 5.41) is 2.80. The molecule has 0 saturated carbocycles. The molecule has 2 rings (SSSR count). The highest BCUT2D eigenvalue weighted by Crippen LogP contribution is 2.25. The summed E-state index contributed by atoms with van der Waals surface area (Å²) in [7, 11) is 1.57. The van der Waals surface area contributed by atoms with Crippen molar-refractivity contribution in [1.29, 1.82) is 0 Å². The Balaban J connectivity index is 2.07. The Morgan fingerprint density at radius 2 is 2.15 bits per heavy atom. The molecule has 0 aliphatic carbocycles. The number of amides is 1. The molecule has 0 radical (unpaired) electrons. The molecular weight excluding hydrogens is 301 g/mol. The first kappa shape index (κ1) is 14.6. The van der Waals surface area contributed by atoms with Gasteiger partial charge in [0, 0.05) is 0 Å². The lowest BCUT2D eigenvalue weighted by atomic mass is 10.1. The highest BCUT2D eigenvalue weighted by atomic mass is 35.5. The van der Waals surface area contributed by atoms with Crippen LogP contribution in [0.2, 0.25) is 10.2 Å². The summed E-state index contributed by atoms with van der Waals surface area (Å²) in [5.74, 6) is 0.632. The minimum Gasteiger partial charge on any atom is -0.497 e. The molecule has 7 heteroatoms. The van der Waals surface area contributed by atoms with Crippen LogP contribution in [0.4, 0.5) is 5.82 Å². The molecule has 0 bridgehead atoms. The quantitative estimate of drug-likeness (QED) is 0.882. The Bertz CT molecular complexity index is 635. The van der Waals surface area contributed by atoms with Crippen LogP contribution in [0.3, 0.4) is 0 Å². The third kappa shape index (κ3) is 3.59. The average molecular weight is 312 g/mol. The SMILES string of the molecule is COc1cccc(CC(=O)Nc2ncnc(Cl)c2Cl)c1. The molecule has 1 N–H and O–H groups in total. The van der Waals surface area contributed by atoms with Gasteiger partial charge in [-0.1, -0.05) is 35.3 Å². The van der Waals surface area contributed by atoms with Crippen molar-refractivity contribution in [2.45, 2.75) is 6.42 Å². The summed E-state index contributed by atoms with van der Waals surface area (Å²) in [6.45, 7) is 0. The number of aromatic nitrogens is 2. The number of benzene rings is 1. The van der Waals surface area contributed by atoms with E-state index in [2.05, 4.69) is 15.3 Å². The number of anilines is 1. The van der Waals surface area contributed by atoms with Gasteiger partial charge in [-0.05, 0) is 17.7 Å². The summed E-state index contributed by atoms with van der Waals surface area (Å²) in [6, 6.07) is 7.24. The first-order valence-electron chi connectivity index (χ1n) is 5.69. The summed E-state index contributed by atoms with van der Waals surface area (Å²) >= 11 is 11.6. The molecule has 0 fully saturated rings. The van der Waals surface area contributed by atoms with E-state index in [1.165, 1.54) is 6.33 Å². The van der Waals surface area contributed by atoms with Gasteiger partial charge >= 0.3 is 0 Å². The lowest BCUT2D eigenvalue weighted by molar-refractivity contribution is -0.115. The molecule has 1 amide bonds. The zero-order valence-corrected chi connectivity index (χ0v) is 12.1. The maximum atomic E-state index is 11.9. The number of hydrogen-bond donors (Lipinski definition) is 1. The Labute approximate surface area is 125 Å². The van der Waals surface area contributed by atoms with E-state index in [0.717, 1.165) is 5.56 Å². The Kier molecular flexibility index (Phi) is 4.76. The number of halogens is 2. The second-order valence-electron chi connectivity index (χ2n) is 3.90. The highest BCUT2D eigenvalue weighted by molar-refractivity contribution is 6.42. The molecular formula is C13H11Cl2N3O2. The minimum atomic E-state index is -0.255. The van der Waals surface area contributed by atoms with Crippen LogP contribution in [-0.4, -0.2) is 23.0 Å². The van der Waals surface area contributed by atoms with Gasteiger partial charge in [-0.15, -0.1) is 0 Å². The number of nitrogens with one attached hydrogen (secondary N) is 1. The van der Waals surface area contributed by atoms with Gasteiger partial charge in [-0.2, -0.15) is 0 Å². The molecule has 1 aromatic carbocycles. The van der Waals surface area contributed by atoms with Crippen molar-refractivity contribution in [3.05, 3.63) is 46.3 Å². The van der Waals surface area contributed by atoms with Gasteiger partial charge in [0.25, 0.3) is 0 Å². The molecule has 0 spiro atoms. The summed E-state index contributed by atoms with van der Waals surface area (Å²) < 4.78 is 5.10. The Morgan fingerprint density at radius 3 is 2.90 bits per heavy atom. The fourth-order valence-electron chi connectivity index (χ4n) is 1.58. The van der Waals surface area contributed by atoms with Crippen LogP contribution in [0.1, 0.15) is 5.56 Å². The van der Waals surface area contributed by atoms with Gasteiger partial charge in [0.1, 0.15) is 17.1 Å². The van der Waals surface area contributed by atoms with Crippen molar-refractivity contribution < 1.29 is 9.53 Å². The number of carbonyl (C=O) groups excluding carboxylic acids is 1. The fraction of sp³-hybridized carbons (Fsp3) is 0.154. The van der Waals surface area contributed by atoms with Crippen molar-refractivity contribution in [3.63, 3.8) is 0 Å². The first-order valence-corrected chi connectivity index (χ1v) is 6.44. The molecule has 104 valence electrons. The van der Waals surface area contributed by atoms with E-state index in [1.54, 1.807) is 13.2 Å². The maximum absolute atomic E-state index is 11.9. The number of carbonyl (C=O) groups is 1. The van der Waals surface area contributed by atoms with Gasteiger partial charge in [0.05, 0.1) is 13.5 Å². The molecule has 0 atom stereocenters. The molecule has 0 aliphatic heterocycles. The topological polar surface area (TPSA) is 64.1 Å². The summed E-state index contributed by atoms with van der Waals surface area (Å²) in [5.41, 5.74) is 0.818. The van der Waals surface area contributed by atoms with Gasteiger partial charge in [-0.25, -0.2) is 9.97 Å². The van der Waals surface area contributed by atoms with E-state index in [-0.39, 0.29) is 28.3 Å². The zero-order chi connectivity index (χ0) is 14.5.